The minimum atomic E-state index is -1.09. The molecular formula is C23H31NO6. The lowest BCUT2D eigenvalue weighted by Gasteiger charge is -2.33. The average molecular weight is 418 g/mol. The van der Waals surface area contributed by atoms with Gasteiger partial charge in [-0.05, 0) is 40.2 Å². The molecule has 0 aliphatic carbocycles. The Morgan fingerprint density at radius 3 is 2.23 bits per heavy atom. The molecule has 7 heteroatoms. The van der Waals surface area contributed by atoms with Gasteiger partial charge in [-0.15, -0.1) is 0 Å². The van der Waals surface area contributed by atoms with Crippen molar-refractivity contribution in [3.8, 4) is 0 Å². The molecule has 0 spiro atoms. The van der Waals surface area contributed by atoms with Gasteiger partial charge in [0.15, 0.2) is 0 Å². The van der Waals surface area contributed by atoms with E-state index in [0.29, 0.717) is 5.57 Å². The van der Waals surface area contributed by atoms with Gasteiger partial charge in [0.25, 0.3) is 0 Å². The Balaban J connectivity index is 2.68. The normalized spacial score (nSPS) is 23.7. The summed E-state index contributed by atoms with van der Waals surface area (Å²) >= 11 is 0. The zero-order valence-corrected chi connectivity index (χ0v) is 18.3. The number of nitrogens with zero attached hydrogens (tertiary/aromatic N) is 1. The summed E-state index contributed by atoms with van der Waals surface area (Å²) in [5.41, 5.74) is 0.676. The number of hydrogen-bond donors (Lipinski definition) is 1. The summed E-state index contributed by atoms with van der Waals surface area (Å²) in [6, 6.07) is 7.53. The number of carbonyl (C=O) groups is 3. The van der Waals surface area contributed by atoms with E-state index in [0.717, 1.165) is 5.56 Å². The molecule has 1 fully saturated rings. The second-order valence-corrected chi connectivity index (χ2v) is 8.57. The largest absolute Gasteiger partial charge is 0.481 e. The molecule has 0 aromatic heterocycles. The van der Waals surface area contributed by atoms with E-state index in [1.807, 2.05) is 30.3 Å². The molecular weight excluding hydrogens is 386 g/mol. The topological polar surface area (TPSA) is 93.1 Å². The number of esters is 1. The second kappa shape index (κ2) is 9.32. The lowest BCUT2D eigenvalue weighted by molar-refractivity contribution is -0.151. The van der Waals surface area contributed by atoms with E-state index in [-0.39, 0.29) is 13.0 Å². The second-order valence-electron chi connectivity index (χ2n) is 8.57. The first-order valence-corrected chi connectivity index (χ1v) is 10.1. The van der Waals surface area contributed by atoms with Crippen LogP contribution in [-0.2, 0) is 19.1 Å². The van der Waals surface area contributed by atoms with Crippen LogP contribution in [0.5, 0.6) is 0 Å². The van der Waals surface area contributed by atoms with Crippen molar-refractivity contribution in [2.45, 2.75) is 58.7 Å². The van der Waals surface area contributed by atoms with E-state index in [9.17, 15) is 19.5 Å². The Bertz CT molecular complexity index is 798. The van der Waals surface area contributed by atoms with E-state index in [4.69, 9.17) is 9.47 Å². The number of carbonyl (C=O) groups excluding carboxylic acids is 2. The quantitative estimate of drug-likeness (QED) is 0.551. The Kier molecular flexibility index (Phi) is 7.29. The summed E-state index contributed by atoms with van der Waals surface area (Å²) in [5.74, 6) is -2.85. The van der Waals surface area contributed by atoms with Crippen molar-refractivity contribution in [2.75, 3.05) is 6.61 Å². The average Bonchev–Trinajstić information content (AvgIpc) is 2.95. The molecule has 1 aliphatic heterocycles. The van der Waals surface area contributed by atoms with Gasteiger partial charge in [-0.1, -0.05) is 42.5 Å². The summed E-state index contributed by atoms with van der Waals surface area (Å²) in [6.07, 6.45) is -0.988. The Morgan fingerprint density at radius 2 is 1.77 bits per heavy atom. The van der Waals surface area contributed by atoms with Gasteiger partial charge in [-0.2, -0.15) is 0 Å². The number of ether oxygens (including phenoxy) is 2. The fourth-order valence-electron chi connectivity index (χ4n) is 4.13. The van der Waals surface area contributed by atoms with Gasteiger partial charge in [0.05, 0.1) is 19.1 Å². The number of carboxylic acid groups (broad SMARTS) is 1. The smallest absolute Gasteiger partial charge is 0.411 e. The first-order valence-electron chi connectivity index (χ1n) is 10.1. The van der Waals surface area contributed by atoms with Crippen molar-refractivity contribution in [1.82, 2.24) is 4.90 Å². The van der Waals surface area contributed by atoms with Crippen LogP contribution in [0.15, 0.2) is 42.5 Å². The van der Waals surface area contributed by atoms with Crippen molar-refractivity contribution in [3.05, 3.63) is 48.0 Å². The number of likely N-dealkylation sites (tertiary alicyclic amines) is 1. The zero-order valence-electron chi connectivity index (χ0n) is 18.3. The molecule has 1 heterocycles. The van der Waals surface area contributed by atoms with Gasteiger partial charge in [0.1, 0.15) is 11.6 Å². The summed E-state index contributed by atoms with van der Waals surface area (Å²) in [7, 11) is 0. The maximum Gasteiger partial charge on any atom is 0.411 e. The maximum absolute atomic E-state index is 13.3. The molecule has 7 nitrogen and oxygen atoms in total. The van der Waals surface area contributed by atoms with Crippen LogP contribution in [0.2, 0.25) is 0 Å². The highest BCUT2D eigenvalue weighted by Crippen LogP contribution is 2.50. The lowest BCUT2D eigenvalue weighted by Crippen LogP contribution is -2.47. The fourth-order valence-corrected chi connectivity index (χ4v) is 4.13. The van der Waals surface area contributed by atoms with Crippen LogP contribution in [0.4, 0.5) is 4.79 Å². The highest BCUT2D eigenvalue weighted by molar-refractivity contribution is 5.84. The van der Waals surface area contributed by atoms with E-state index in [1.54, 1.807) is 34.6 Å². The molecule has 1 aromatic carbocycles. The first-order chi connectivity index (χ1) is 14.0. The van der Waals surface area contributed by atoms with Gasteiger partial charge < -0.3 is 14.6 Å². The molecule has 0 saturated carbocycles. The molecule has 1 aromatic rings. The van der Waals surface area contributed by atoms with Crippen LogP contribution < -0.4 is 0 Å². The van der Waals surface area contributed by atoms with Crippen LogP contribution in [0.3, 0.4) is 0 Å². The Labute approximate surface area is 177 Å². The zero-order chi connectivity index (χ0) is 22.6. The predicted octanol–water partition coefficient (Wildman–Crippen LogP) is 4.19. The van der Waals surface area contributed by atoms with E-state index in [2.05, 4.69) is 6.58 Å². The SMILES string of the molecule is C=C(C)[C@@H]1[C@H](CC(=O)O)[C@@H](C(=O)OCC)N(C(=O)OC(C)(C)C)[C@H]1c1ccccc1. The van der Waals surface area contributed by atoms with Gasteiger partial charge in [0.2, 0.25) is 0 Å². The number of benzene rings is 1. The molecule has 0 bridgehead atoms. The van der Waals surface area contributed by atoms with Crippen molar-refractivity contribution in [1.29, 1.82) is 0 Å². The van der Waals surface area contributed by atoms with Crippen LogP contribution in [0.1, 0.15) is 52.6 Å². The van der Waals surface area contributed by atoms with Crippen LogP contribution in [0, 0.1) is 11.8 Å². The summed E-state index contributed by atoms with van der Waals surface area (Å²) < 4.78 is 10.9. The monoisotopic (exact) mass is 417 g/mol. The molecule has 4 atom stereocenters. The molecule has 1 saturated heterocycles. The summed E-state index contributed by atoms with van der Waals surface area (Å²) in [5, 5.41) is 9.55. The van der Waals surface area contributed by atoms with Crippen molar-refractivity contribution >= 4 is 18.0 Å². The predicted molar refractivity (Wildman–Crippen MR) is 112 cm³/mol. The van der Waals surface area contributed by atoms with E-state index in [1.165, 1.54) is 4.90 Å². The number of rotatable bonds is 6. The minimum Gasteiger partial charge on any atom is -0.481 e. The number of aliphatic carboxylic acids is 1. The highest BCUT2D eigenvalue weighted by Gasteiger charge is 2.56. The maximum atomic E-state index is 13.3. The van der Waals surface area contributed by atoms with Crippen molar-refractivity contribution in [2.24, 2.45) is 11.8 Å². The minimum absolute atomic E-state index is 0.116. The lowest BCUT2D eigenvalue weighted by atomic mass is 9.78. The molecule has 2 rings (SSSR count). The number of amides is 1. The molecule has 0 unspecified atom stereocenters. The Hall–Kier alpha value is -2.83. The van der Waals surface area contributed by atoms with Gasteiger partial charge in [-0.3, -0.25) is 9.69 Å². The molecule has 1 amide bonds. The van der Waals surface area contributed by atoms with Crippen molar-refractivity contribution < 1.29 is 29.0 Å². The van der Waals surface area contributed by atoms with E-state index < -0.39 is 47.6 Å². The number of hydrogen-bond acceptors (Lipinski definition) is 5. The molecule has 164 valence electrons. The standard InChI is InChI=1S/C23H31NO6/c1-7-29-21(27)20-16(13-17(25)26)18(14(2)3)19(15-11-9-8-10-12-15)24(20)22(28)30-23(4,5)6/h8-12,16,18-20H,2,7,13H2,1,3-6H3,(H,25,26)/t16-,18+,19-,20-/m0/s1. The Morgan fingerprint density at radius 1 is 1.17 bits per heavy atom. The number of carboxylic acids is 1. The van der Waals surface area contributed by atoms with Crippen LogP contribution >= 0.6 is 0 Å². The third-order valence-corrected chi connectivity index (χ3v) is 5.06. The molecule has 1 N–H and O–H groups in total. The highest BCUT2D eigenvalue weighted by atomic mass is 16.6. The fraction of sp³-hybridized carbons (Fsp3) is 0.522. The third-order valence-electron chi connectivity index (χ3n) is 5.06. The molecule has 0 radical (unpaired) electrons. The van der Waals surface area contributed by atoms with Gasteiger partial charge in [0, 0.05) is 11.8 Å². The summed E-state index contributed by atoms with van der Waals surface area (Å²) in [6.45, 7) is 12.8. The van der Waals surface area contributed by atoms with Gasteiger partial charge in [-0.25, -0.2) is 9.59 Å². The summed E-state index contributed by atoms with van der Waals surface area (Å²) in [4.78, 5) is 39.3. The van der Waals surface area contributed by atoms with Crippen molar-refractivity contribution in [3.63, 3.8) is 0 Å². The first kappa shape index (κ1) is 23.4. The van der Waals surface area contributed by atoms with Crippen LogP contribution in [0.25, 0.3) is 0 Å². The van der Waals surface area contributed by atoms with Crippen LogP contribution in [-0.4, -0.2) is 46.3 Å². The van der Waals surface area contributed by atoms with Gasteiger partial charge >= 0.3 is 18.0 Å². The third kappa shape index (κ3) is 5.20. The van der Waals surface area contributed by atoms with E-state index >= 15 is 0 Å². The molecule has 1 aliphatic rings. The molecule has 30 heavy (non-hydrogen) atoms.